The van der Waals surface area contributed by atoms with Crippen LogP contribution < -0.4 is 0 Å². The highest BCUT2D eigenvalue weighted by Crippen LogP contribution is 2.44. The fourth-order valence-corrected chi connectivity index (χ4v) is 3.60. The van der Waals surface area contributed by atoms with Crippen LogP contribution in [-0.2, 0) is 11.3 Å². The van der Waals surface area contributed by atoms with Crippen molar-refractivity contribution in [2.75, 3.05) is 33.7 Å². The number of carboxylic acids is 1. The van der Waals surface area contributed by atoms with Crippen LogP contribution in [0.25, 0.3) is 0 Å². The number of aliphatic carboxylic acids is 1. The molecule has 0 aromatic carbocycles. The van der Waals surface area contributed by atoms with E-state index in [1.807, 2.05) is 25.9 Å². The Morgan fingerprint density at radius 3 is 2.62 bits per heavy atom. The maximum absolute atomic E-state index is 12.9. The van der Waals surface area contributed by atoms with E-state index in [4.69, 9.17) is 0 Å². The number of likely N-dealkylation sites (N-methyl/N-ethyl adjacent to an activating group) is 1. The third-order valence-corrected chi connectivity index (χ3v) is 5.08. The number of likely N-dealkylation sites (tertiary alicyclic amines) is 1. The Hall–Kier alpha value is -1.89. The van der Waals surface area contributed by atoms with E-state index in [-0.39, 0.29) is 11.8 Å². The molecule has 1 saturated carbocycles. The van der Waals surface area contributed by atoms with Crippen LogP contribution in [0.1, 0.15) is 29.0 Å². The molecule has 2 heterocycles. The van der Waals surface area contributed by atoms with Gasteiger partial charge < -0.3 is 14.9 Å². The lowest BCUT2D eigenvalue weighted by Gasteiger charge is -2.18. The zero-order chi connectivity index (χ0) is 17.4. The second kappa shape index (κ2) is 6.55. The summed E-state index contributed by atoms with van der Waals surface area (Å²) in [4.78, 5) is 28.2. The Bertz CT molecular complexity index is 636. The first-order valence-corrected chi connectivity index (χ1v) is 8.58. The van der Waals surface area contributed by atoms with Gasteiger partial charge in [0.15, 0.2) is 0 Å². The minimum absolute atomic E-state index is 0.0937. The molecule has 7 nitrogen and oxygen atoms in total. The Morgan fingerprint density at radius 2 is 2.04 bits per heavy atom. The lowest BCUT2D eigenvalue weighted by Crippen LogP contribution is -2.32. The van der Waals surface area contributed by atoms with Crippen molar-refractivity contribution < 1.29 is 14.7 Å². The number of carbonyl (C=O) groups excluding carboxylic acids is 1. The minimum atomic E-state index is -0.778. The van der Waals surface area contributed by atoms with E-state index in [0.29, 0.717) is 31.2 Å². The van der Waals surface area contributed by atoms with E-state index >= 15 is 0 Å². The molecular formula is C17H26N4O3. The minimum Gasteiger partial charge on any atom is -0.481 e. The summed E-state index contributed by atoms with van der Waals surface area (Å²) in [5.74, 6) is -0.723. The van der Waals surface area contributed by atoms with Crippen molar-refractivity contribution in [2.24, 2.45) is 17.8 Å². The molecule has 0 radical (unpaired) electrons. The summed E-state index contributed by atoms with van der Waals surface area (Å²) in [6.07, 6.45) is 2.19. The van der Waals surface area contributed by atoms with E-state index in [1.165, 1.54) is 0 Å². The fraction of sp³-hybridized carbons (Fsp3) is 0.706. The molecule has 1 aromatic heterocycles. The highest BCUT2D eigenvalue weighted by atomic mass is 16.4. The second-order valence-corrected chi connectivity index (χ2v) is 7.35. The van der Waals surface area contributed by atoms with Crippen LogP contribution >= 0.6 is 0 Å². The van der Waals surface area contributed by atoms with E-state index in [0.717, 1.165) is 25.1 Å². The normalized spacial score (nSPS) is 23.9. The molecule has 1 aromatic rings. The third kappa shape index (κ3) is 3.45. The van der Waals surface area contributed by atoms with Gasteiger partial charge in [0.2, 0.25) is 0 Å². The van der Waals surface area contributed by atoms with Gasteiger partial charge in [-0.1, -0.05) is 0 Å². The molecule has 1 aliphatic heterocycles. The average molecular weight is 334 g/mol. The summed E-state index contributed by atoms with van der Waals surface area (Å²) < 4.78 is 1.75. The van der Waals surface area contributed by atoms with Crippen molar-refractivity contribution in [3.63, 3.8) is 0 Å². The van der Waals surface area contributed by atoms with Crippen molar-refractivity contribution >= 4 is 11.9 Å². The Kier molecular flexibility index (Phi) is 4.62. The number of rotatable bonds is 6. The van der Waals surface area contributed by atoms with Gasteiger partial charge in [0.1, 0.15) is 5.69 Å². The predicted octanol–water partition coefficient (Wildman–Crippen LogP) is 0.936. The Balaban J connectivity index is 1.75. The number of nitrogens with zero attached hydrogens (tertiary/aromatic N) is 4. The molecule has 0 spiro atoms. The quantitative estimate of drug-likeness (QED) is 0.837. The Morgan fingerprint density at radius 1 is 1.33 bits per heavy atom. The van der Waals surface area contributed by atoms with Crippen LogP contribution in [0.2, 0.25) is 0 Å². The van der Waals surface area contributed by atoms with Crippen molar-refractivity contribution in [1.82, 2.24) is 19.6 Å². The van der Waals surface area contributed by atoms with Crippen LogP contribution in [0, 0.1) is 24.7 Å². The average Bonchev–Trinajstić information content (AvgIpc) is 3.14. The first-order chi connectivity index (χ1) is 11.4. The van der Waals surface area contributed by atoms with Crippen LogP contribution in [-0.4, -0.2) is 70.3 Å². The highest BCUT2D eigenvalue weighted by molar-refractivity contribution is 5.93. The van der Waals surface area contributed by atoms with Crippen molar-refractivity contribution in [2.45, 2.75) is 26.3 Å². The summed E-state index contributed by atoms with van der Waals surface area (Å²) in [5, 5.41) is 13.9. The van der Waals surface area contributed by atoms with E-state index in [2.05, 4.69) is 5.10 Å². The zero-order valence-electron chi connectivity index (χ0n) is 14.6. The molecule has 2 atom stereocenters. The number of carboxylic acid groups (broad SMARTS) is 1. The van der Waals surface area contributed by atoms with Gasteiger partial charge in [-0.05, 0) is 51.8 Å². The van der Waals surface area contributed by atoms with E-state index in [9.17, 15) is 14.7 Å². The summed E-state index contributed by atoms with van der Waals surface area (Å²) in [6.45, 7) is 4.18. The first kappa shape index (κ1) is 17.0. The molecule has 1 amide bonds. The number of amides is 1. The van der Waals surface area contributed by atoms with Crippen molar-refractivity contribution in [3.05, 3.63) is 17.5 Å². The lowest BCUT2D eigenvalue weighted by atomic mass is 9.92. The maximum Gasteiger partial charge on any atom is 0.308 e. The van der Waals surface area contributed by atoms with Crippen molar-refractivity contribution in [3.8, 4) is 0 Å². The number of aromatic nitrogens is 2. The van der Waals surface area contributed by atoms with Gasteiger partial charge in [0.25, 0.3) is 5.91 Å². The highest BCUT2D eigenvalue weighted by Gasteiger charge is 2.47. The smallest absolute Gasteiger partial charge is 0.308 e. The summed E-state index contributed by atoms with van der Waals surface area (Å²) in [6, 6.07) is 1.80. The van der Waals surface area contributed by atoms with E-state index < -0.39 is 11.9 Å². The van der Waals surface area contributed by atoms with Gasteiger partial charge in [-0.25, -0.2) is 0 Å². The monoisotopic (exact) mass is 334 g/mol. The van der Waals surface area contributed by atoms with Gasteiger partial charge in [0.05, 0.1) is 18.2 Å². The molecular weight excluding hydrogens is 308 g/mol. The van der Waals surface area contributed by atoms with Crippen LogP contribution in [0.4, 0.5) is 0 Å². The Labute approximate surface area is 142 Å². The molecule has 1 saturated heterocycles. The molecule has 2 fully saturated rings. The van der Waals surface area contributed by atoms with Crippen LogP contribution in [0.3, 0.4) is 0 Å². The number of carbonyl (C=O) groups is 2. The number of hydrogen-bond acceptors (Lipinski definition) is 4. The van der Waals surface area contributed by atoms with Gasteiger partial charge in [-0.2, -0.15) is 5.10 Å². The molecule has 1 aliphatic carbocycles. The van der Waals surface area contributed by atoms with Gasteiger partial charge in [-0.3, -0.25) is 14.3 Å². The van der Waals surface area contributed by atoms with Crippen LogP contribution in [0.5, 0.6) is 0 Å². The van der Waals surface area contributed by atoms with Gasteiger partial charge in [0, 0.05) is 19.6 Å². The van der Waals surface area contributed by atoms with Gasteiger partial charge in [-0.15, -0.1) is 0 Å². The molecule has 7 heteroatoms. The maximum atomic E-state index is 12.9. The summed E-state index contributed by atoms with van der Waals surface area (Å²) >= 11 is 0. The lowest BCUT2D eigenvalue weighted by molar-refractivity contribution is -0.142. The topological polar surface area (TPSA) is 78.7 Å². The molecule has 2 aliphatic rings. The molecule has 132 valence electrons. The SMILES string of the molecule is Cc1cc(C(=O)N2C[C@@H](C(=O)O)[C@H](C3CC3)C2)n(CCN(C)C)n1. The standard InChI is InChI=1S/C17H26N4O3/c1-11-8-15(21(18-11)7-6-19(2)3)16(22)20-9-13(12-4-5-12)14(10-20)17(23)24/h8,12-14H,4-7,9-10H2,1-3H3,(H,23,24)/t13-,14+/m0/s1. The molecule has 3 rings (SSSR count). The predicted molar refractivity (Wildman–Crippen MR) is 88.8 cm³/mol. The molecule has 24 heavy (non-hydrogen) atoms. The van der Waals surface area contributed by atoms with Gasteiger partial charge >= 0.3 is 5.97 Å². The largest absolute Gasteiger partial charge is 0.481 e. The number of hydrogen-bond donors (Lipinski definition) is 1. The van der Waals surface area contributed by atoms with Crippen LogP contribution in [0.15, 0.2) is 6.07 Å². The second-order valence-electron chi connectivity index (χ2n) is 7.35. The molecule has 0 bridgehead atoms. The molecule has 0 unspecified atom stereocenters. The van der Waals surface area contributed by atoms with Crippen molar-refractivity contribution in [1.29, 1.82) is 0 Å². The molecule has 1 N–H and O–H groups in total. The summed E-state index contributed by atoms with van der Waals surface area (Å²) in [7, 11) is 3.96. The zero-order valence-corrected chi connectivity index (χ0v) is 14.6. The van der Waals surface area contributed by atoms with E-state index in [1.54, 1.807) is 15.6 Å². The fourth-order valence-electron chi connectivity index (χ4n) is 3.60. The third-order valence-electron chi connectivity index (χ3n) is 5.08. The summed E-state index contributed by atoms with van der Waals surface area (Å²) in [5.41, 5.74) is 1.37. The first-order valence-electron chi connectivity index (χ1n) is 8.58. The number of aryl methyl sites for hydroxylation is 1.